The summed E-state index contributed by atoms with van der Waals surface area (Å²) in [6.45, 7) is 0.0449. The van der Waals surface area contributed by atoms with E-state index in [1.54, 1.807) is 0 Å². The van der Waals surface area contributed by atoms with Crippen molar-refractivity contribution < 1.29 is 19.9 Å². The highest BCUT2D eigenvalue weighted by Crippen LogP contribution is 2.26. The maximum Gasteiger partial charge on any atom is 0.287 e. The third-order valence-electron chi connectivity index (χ3n) is 2.94. The standard InChI is InChI=1S/C11H11ClN2O5/c12-7-3-6(1-2-8(7)14(18)19)11(17)13-4-9(15)10(16)5-13/h1-3,9-10,15-16H,4-5H2. The number of nitrogens with zero attached hydrogens (tertiary/aromatic N) is 2. The largest absolute Gasteiger partial charge is 0.388 e. The van der Waals surface area contributed by atoms with Gasteiger partial charge in [-0.25, -0.2) is 0 Å². The third-order valence-corrected chi connectivity index (χ3v) is 3.24. The van der Waals surface area contributed by atoms with Crippen LogP contribution in [0, 0.1) is 10.1 Å². The molecule has 8 heteroatoms. The molecule has 0 aromatic heterocycles. The van der Waals surface area contributed by atoms with Gasteiger partial charge in [-0.3, -0.25) is 14.9 Å². The van der Waals surface area contributed by atoms with Crippen molar-refractivity contribution in [2.75, 3.05) is 13.1 Å². The first kappa shape index (κ1) is 13.7. The zero-order valence-corrected chi connectivity index (χ0v) is 10.4. The molecule has 19 heavy (non-hydrogen) atoms. The number of carbonyl (C=O) groups excluding carboxylic acids is 1. The lowest BCUT2D eigenvalue weighted by Gasteiger charge is -2.15. The lowest BCUT2D eigenvalue weighted by Crippen LogP contribution is -2.29. The Bertz CT molecular complexity index is 526. The first-order chi connectivity index (χ1) is 8.90. The van der Waals surface area contributed by atoms with Crippen LogP contribution in [0.5, 0.6) is 0 Å². The van der Waals surface area contributed by atoms with E-state index in [2.05, 4.69) is 0 Å². The molecule has 1 amide bonds. The Balaban J connectivity index is 2.21. The molecule has 2 atom stereocenters. The van der Waals surface area contributed by atoms with Crippen molar-refractivity contribution in [2.24, 2.45) is 0 Å². The highest BCUT2D eigenvalue weighted by molar-refractivity contribution is 6.33. The van der Waals surface area contributed by atoms with Crippen molar-refractivity contribution in [1.82, 2.24) is 4.90 Å². The lowest BCUT2D eigenvalue weighted by molar-refractivity contribution is -0.384. The van der Waals surface area contributed by atoms with Gasteiger partial charge in [-0.2, -0.15) is 0 Å². The van der Waals surface area contributed by atoms with E-state index in [0.717, 1.165) is 6.07 Å². The molecule has 2 N–H and O–H groups in total. The minimum absolute atomic E-state index is 0.0224. The average molecular weight is 287 g/mol. The second kappa shape index (κ2) is 5.12. The molecule has 0 spiro atoms. The number of hydrogen-bond donors (Lipinski definition) is 2. The zero-order valence-electron chi connectivity index (χ0n) is 9.69. The van der Waals surface area contributed by atoms with E-state index in [9.17, 15) is 25.1 Å². The molecule has 1 fully saturated rings. The van der Waals surface area contributed by atoms with Gasteiger partial charge in [-0.1, -0.05) is 11.6 Å². The number of rotatable bonds is 2. The molecule has 0 radical (unpaired) electrons. The van der Waals surface area contributed by atoms with Crippen LogP contribution in [0.4, 0.5) is 5.69 Å². The molecule has 7 nitrogen and oxygen atoms in total. The fourth-order valence-corrected chi connectivity index (χ4v) is 2.16. The molecule has 0 aliphatic carbocycles. The smallest absolute Gasteiger partial charge is 0.287 e. The molecule has 0 saturated carbocycles. The predicted molar refractivity (Wildman–Crippen MR) is 66.0 cm³/mol. The molecule has 1 aliphatic rings. The second-order valence-corrected chi connectivity index (χ2v) is 4.68. The van der Waals surface area contributed by atoms with E-state index in [4.69, 9.17) is 11.6 Å². The summed E-state index contributed by atoms with van der Waals surface area (Å²) in [7, 11) is 0. The SMILES string of the molecule is O=C(c1ccc([N+](=O)[O-])c(Cl)c1)N1CC(O)C(O)C1. The van der Waals surface area contributed by atoms with Crippen LogP contribution >= 0.6 is 11.6 Å². The van der Waals surface area contributed by atoms with Crippen LogP contribution in [-0.4, -0.2) is 51.2 Å². The summed E-state index contributed by atoms with van der Waals surface area (Å²) in [5.74, 6) is -0.438. The van der Waals surface area contributed by atoms with Gasteiger partial charge in [0.05, 0.1) is 17.1 Å². The summed E-state index contributed by atoms with van der Waals surface area (Å²) < 4.78 is 0. The quantitative estimate of drug-likeness (QED) is 0.606. The van der Waals surface area contributed by atoms with Crippen molar-refractivity contribution in [2.45, 2.75) is 12.2 Å². The number of benzene rings is 1. The maximum absolute atomic E-state index is 12.0. The van der Waals surface area contributed by atoms with Crippen LogP contribution in [0.15, 0.2) is 18.2 Å². The summed E-state index contributed by atoms with van der Waals surface area (Å²) in [6, 6.07) is 3.65. The van der Waals surface area contributed by atoms with Crippen LogP contribution in [0.25, 0.3) is 0 Å². The number of amides is 1. The Kier molecular flexibility index (Phi) is 3.70. The van der Waals surface area contributed by atoms with Crippen LogP contribution in [0.1, 0.15) is 10.4 Å². The van der Waals surface area contributed by atoms with Crippen LogP contribution in [-0.2, 0) is 0 Å². The molecule has 1 heterocycles. The number of aliphatic hydroxyl groups is 2. The van der Waals surface area contributed by atoms with Crippen molar-refractivity contribution >= 4 is 23.2 Å². The van der Waals surface area contributed by atoms with Crippen LogP contribution in [0.3, 0.4) is 0 Å². The van der Waals surface area contributed by atoms with Gasteiger partial charge in [-0.05, 0) is 12.1 Å². The van der Waals surface area contributed by atoms with Crippen molar-refractivity contribution in [3.8, 4) is 0 Å². The topological polar surface area (TPSA) is 104 Å². The number of β-amino-alcohol motifs (C(OH)–C–C–N with tert-alkyl or cyclic N) is 2. The number of nitro benzene ring substituents is 1. The molecule has 0 bridgehead atoms. The molecule has 2 unspecified atom stereocenters. The number of halogens is 1. The number of nitro groups is 1. The first-order valence-electron chi connectivity index (χ1n) is 5.49. The number of hydrogen-bond acceptors (Lipinski definition) is 5. The fraction of sp³-hybridized carbons (Fsp3) is 0.364. The van der Waals surface area contributed by atoms with Crippen molar-refractivity contribution in [1.29, 1.82) is 0 Å². The van der Waals surface area contributed by atoms with E-state index in [1.807, 2.05) is 0 Å². The summed E-state index contributed by atoms with van der Waals surface area (Å²) in [6.07, 6.45) is -1.95. The van der Waals surface area contributed by atoms with Gasteiger partial charge in [0.25, 0.3) is 11.6 Å². The van der Waals surface area contributed by atoms with Crippen LogP contribution in [0.2, 0.25) is 5.02 Å². The Hall–Kier alpha value is -1.70. The summed E-state index contributed by atoms with van der Waals surface area (Å²) >= 11 is 5.72. The van der Waals surface area contributed by atoms with Crippen LogP contribution < -0.4 is 0 Å². The Morgan fingerprint density at radius 2 is 1.95 bits per heavy atom. The fourth-order valence-electron chi connectivity index (χ4n) is 1.91. The minimum Gasteiger partial charge on any atom is -0.388 e. The van der Waals surface area contributed by atoms with E-state index in [0.29, 0.717) is 0 Å². The Morgan fingerprint density at radius 1 is 1.37 bits per heavy atom. The normalized spacial score (nSPS) is 22.6. The predicted octanol–water partition coefficient (Wildman–Crippen LogP) is 0.426. The maximum atomic E-state index is 12.0. The molecule has 1 aromatic rings. The van der Waals surface area contributed by atoms with E-state index < -0.39 is 23.0 Å². The minimum atomic E-state index is -0.975. The van der Waals surface area contributed by atoms with Gasteiger partial charge in [-0.15, -0.1) is 0 Å². The van der Waals surface area contributed by atoms with Gasteiger partial charge in [0.1, 0.15) is 5.02 Å². The Morgan fingerprint density at radius 3 is 2.42 bits per heavy atom. The second-order valence-electron chi connectivity index (χ2n) is 4.27. The molecule has 1 aliphatic heterocycles. The van der Waals surface area contributed by atoms with E-state index in [-0.39, 0.29) is 29.4 Å². The molecule has 102 valence electrons. The van der Waals surface area contributed by atoms with Gasteiger partial charge in [0.2, 0.25) is 0 Å². The number of carbonyl (C=O) groups is 1. The summed E-state index contributed by atoms with van der Waals surface area (Å²) in [4.78, 5) is 23.3. The Labute approximate surface area is 113 Å². The molecule has 1 saturated heterocycles. The van der Waals surface area contributed by atoms with Gasteiger partial charge in [0.15, 0.2) is 0 Å². The number of aliphatic hydroxyl groups excluding tert-OH is 2. The van der Waals surface area contributed by atoms with Crippen molar-refractivity contribution in [3.63, 3.8) is 0 Å². The van der Waals surface area contributed by atoms with Gasteiger partial charge in [0, 0.05) is 24.7 Å². The van der Waals surface area contributed by atoms with E-state index >= 15 is 0 Å². The monoisotopic (exact) mass is 286 g/mol. The van der Waals surface area contributed by atoms with Gasteiger partial charge >= 0.3 is 0 Å². The summed E-state index contributed by atoms with van der Waals surface area (Å²) in [5, 5.41) is 29.2. The number of likely N-dealkylation sites (tertiary alicyclic amines) is 1. The molecular weight excluding hydrogens is 276 g/mol. The lowest BCUT2D eigenvalue weighted by atomic mass is 10.2. The molecule has 1 aromatic carbocycles. The van der Waals surface area contributed by atoms with E-state index in [1.165, 1.54) is 17.0 Å². The molecule has 2 rings (SSSR count). The zero-order chi connectivity index (χ0) is 14.2. The molecular formula is C11H11ClN2O5. The third kappa shape index (κ3) is 2.67. The van der Waals surface area contributed by atoms with Gasteiger partial charge < -0.3 is 15.1 Å². The highest BCUT2D eigenvalue weighted by atomic mass is 35.5. The highest BCUT2D eigenvalue weighted by Gasteiger charge is 2.33. The average Bonchev–Trinajstić information content (AvgIpc) is 2.68. The first-order valence-corrected chi connectivity index (χ1v) is 5.87. The summed E-state index contributed by atoms with van der Waals surface area (Å²) in [5.41, 5.74) is -0.100. The van der Waals surface area contributed by atoms with Crippen molar-refractivity contribution in [3.05, 3.63) is 38.9 Å².